The molecule has 10 heteroatoms. The Kier molecular flexibility index (Phi) is 5.96. The minimum atomic E-state index is -1.20. The second kappa shape index (κ2) is 9.22. The van der Waals surface area contributed by atoms with Crippen LogP contribution in [0.1, 0.15) is 39.7 Å². The second-order valence-electron chi connectivity index (χ2n) is 8.56. The van der Waals surface area contributed by atoms with Gasteiger partial charge in [0.05, 0.1) is 12.6 Å². The summed E-state index contributed by atoms with van der Waals surface area (Å²) in [5.41, 5.74) is 4.37. The van der Waals surface area contributed by atoms with Gasteiger partial charge in [-0.3, -0.25) is 4.79 Å². The lowest BCUT2D eigenvalue weighted by Crippen LogP contribution is -2.40. The first-order valence-electron chi connectivity index (χ1n) is 11.2. The summed E-state index contributed by atoms with van der Waals surface area (Å²) in [6.45, 7) is -0.00814. The summed E-state index contributed by atoms with van der Waals surface area (Å²) < 4.78 is 10.6. The smallest absolute Gasteiger partial charge is 0.407 e. The number of carboxylic acids is 1. The predicted octanol–water partition coefficient (Wildman–Crippen LogP) is 2.37. The SMILES string of the molecule is O=C(NCc1cc(C(=O)N2CC(O)CC2C(=O)O)no1)OCC1c2ccccc2-c2ccccc21. The maximum atomic E-state index is 12.6. The van der Waals surface area contributed by atoms with Crippen LogP contribution in [0.4, 0.5) is 4.79 Å². The van der Waals surface area contributed by atoms with Crippen molar-refractivity contribution in [2.24, 2.45) is 0 Å². The van der Waals surface area contributed by atoms with Gasteiger partial charge in [-0.15, -0.1) is 0 Å². The van der Waals surface area contributed by atoms with Gasteiger partial charge in [-0.2, -0.15) is 0 Å². The molecule has 1 fully saturated rings. The largest absolute Gasteiger partial charge is 0.480 e. The van der Waals surface area contributed by atoms with Crippen LogP contribution in [0.3, 0.4) is 0 Å². The van der Waals surface area contributed by atoms with Crippen LogP contribution in [0.15, 0.2) is 59.1 Å². The number of rotatable bonds is 6. The first-order chi connectivity index (χ1) is 16.9. The molecule has 2 aliphatic rings. The number of alkyl carbamates (subject to hydrolysis) is 1. The molecule has 2 atom stereocenters. The van der Waals surface area contributed by atoms with Crippen LogP contribution in [0, 0.1) is 0 Å². The number of amides is 2. The number of hydrogen-bond donors (Lipinski definition) is 3. The molecular weight excluding hydrogens is 454 g/mol. The number of carboxylic acid groups (broad SMARTS) is 1. The van der Waals surface area contributed by atoms with E-state index in [4.69, 9.17) is 9.26 Å². The third kappa shape index (κ3) is 4.35. The average Bonchev–Trinajstić information content (AvgIpc) is 3.57. The number of carbonyl (C=O) groups excluding carboxylic acids is 2. The molecular formula is C25H23N3O7. The minimum Gasteiger partial charge on any atom is -0.480 e. The average molecular weight is 477 g/mol. The lowest BCUT2D eigenvalue weighted by Gasteiger charge is -2.19. The summed E-state index contributed by atoms with van der Waals surface area (Å²) in [5, 5.41) is 25.3. The monoisotopic (exact) mass is 477 g/mol. The maximum absolute atomic E-state index is 12.6. The highest BCUT2D eigenvalue weighted by Gasteiger charge is 2.40. The molecule has 2 amide bonds. The van der Waals surface area contributed by atoms with Crippen LogP contribution in [0.5, 0.6) is 0 Å². The van der Waals surface area contributed by atoms with Crippen LogP contribution in [-0.4, -0.2) is 63.5 Å². The molecule has 180 valence electrons. The fourth-order valence-corrected chi connectivity index (χ4v) is 4.73. The van der Waals surface area contributed by atoms with E-state index in [1.165, 1.54) is 6.07 Å². The van der Waals surface area contributed by atoms with Crippen molar-refractivity contribution < 1.29 is 33.9 Å². The van der Waals surface area contributed by atoms with Crippen molar-refractivity contribution in [3.05, 3.63) is 77.2 Å². The fourth-order valence-electron chi connectivity index (χ4n) is 4.73. The second-order valence-corrected chi connectivity index (χ2v) is 8.56. The van der Waals surface area contributed by atoms with Gasteiger partial charge in [0.25, 0.3) is 5.91 Å². The van der Waals surface area contributed by atoms with Crippen molar-refractivity contribution in [3.63, 3.8) is 0 Å². The van der Waals surface area contributed by atoms with E-state index in [0.717, 1.165) is 27.2 Å². The molecule has 10 nitrogen and oxygen atoms in total. The van der Waals surface area contributed by atoms with E-state index in [9.17, 15) is 24.6 Å². The lowest BCUT2D eigenvalue weighted by atomic mass is 9.98. The number of fused-ring (bicyclic) bond motifs is 3. The molecule has 1 saturated heterocycles. The summed E-state index contributed by atoms with van der Waals surface area (Å²) in [5.74, 6) is -1.73. The molecule has 3 aromatic rings. The Morgan fingerprint density at radius 1 is 1.09 bits per heavy atom. The van der Waals surface area contributed by atoms with E-state index >= 15 is 0 Å². The highest BCUT2D eigenvalue weighted by Crippen LogP contribution is 2.44. The molecule has 1 aromatic heterocycles. The van der Waals surface area contributed by atoms with Gasteiger partial charge in [-0.25, -0.2) is 9.59 Å². The van der Waals surface area contributed by atoms with Gasteiger partial charge in [-0.05, 0) is 22.3 Å². The molecule has 0 spiro atoms. The zero-order chi connectivity index (χ0) is 24.5. The Morgan fingerprint density at radius 2 is 1.74 bits per heavy atom. The van der Waals surface area contributed by atoms with E-state index in [0.29, 0.717) is 0 Å². The minimum absolute atomic E-state index is 0.0465. The van der Waals surface area contributed by atoms with Crippen LogP contribution in [0.2, 0.25) is 0 Å². The third-order valence-electron chi connectivity index (χ3n) is 6.35. The molecule has 1 aliphatic carbocycles. The van der Waals surface area contributed by atoms with E-state index < -0.39 is 30.1 Å². The van der Waals surface area contributed by atoms with E-state index in [1.54, 1.807) is 0 Å². The van der Waals surface area contributed by atoms with E-state index in [2.05, 4.69) is 22.6 Å². The molecule has 0 bridgehead atoms. The third-order valence-corrected chi connectivity index (χ3v) is 6.35. The summed E-state index contributed by atoms with van der Waals surface area (Å²) in [6, 6.07) is 16.3. The number of nitrogens with one attached hydrogen (secondary N) is 1. The number of β-amino-alcohol motifs (C(OH)–C–C–N with tert-alkyl or cyclic N) is 1. The van der Waals surface area contributed by atoms with Gasteiger partial charge < -0.3 is 29.7 Å². The molecule has 35 heavy (non-hydrogen) atoms. The quantitative estimate of drug-likeness (QED) is 0.491. The number of nitrogens with zero attached hydrogens (tertiary/aromatic N) is 2. The first kappa shape index (κ1) is 22.6. The normalized spacial score (nSPS) is 18.7. The molecule has 0 saturated carbocycles. The fraction of sp³-hybridized carbons (Fsp3) is 0.280. The Bertz CT molecular complexity index is 1240. The zero-order valence-electron chi connectivity index (χ0n) is 18.6. The first-order valence-corrected chi connectivity index (χ1v) is 11.2. The van der Waals surface area contributed by atoms with Gasteiger partial charge in [0.15, 0.2) is 11.5 Å². The Balaban J connectivity index is 1.17. The number of aromatic nitrogens is 1. The van der Waals surface area contributed by atoms with Crippen LogP contribution in [0.25, 0.3) is 11.1 Å². The van der Waals surface area contributed by atoms with Gasteiger partial charge in [0, 0.05) is 24.9 Å². The van der Waals surface area contributed by atoms with Gasteiger partial charge in [0.1, 0.15) is 12.6 Å². The number of likely N-dealkylation sites (tertiary alicyclic amines) is 1. The summed E-state index contributed by atoms with van der Waals surface area (Å²) in [7, 11) is 0. The van der Waals surface area contributed by atoms with Crippen molar-refractivity contribution in [2.75, 3.05) is 13.2 Å². The zero-order valence-corrected chi connectivity index (χ0v) is 18.6. The Morgan fingerprint density at radius 3 is 2.40 bits per heavy atom. The maximum Gasteiger partial charge on any atom is 0.407 e. The number of aliphatic carboxylic acids is 1. The number of benzene rings is 2. The molecule has 2 unspecified atom stereocenters. The van der Waals surface area contributed by atoms with E-state index in [-0.39, 0.29) is 43.5 Å². The Labute approximate surface area is 200 Å². The standard InChI is InChI=1S/C25H23N3O7/c29-14-9-22(24(31)32)28(12-14)23(30)21-10-15(35-27-21)11-26-25(33)34-13-20-18-7-3-1-5-16(18)17-6-2-4-8-19(17)20/h1-8,10,14,20,22,29H,9,11-13H2,(H,26,33)(H,31,32). The molecule has 0 radical (unpaired) electrons. The van der Waals surface area contributed by atoms with Crippen molar-refractivity contribution in [1.29, 1.82) is 0 Å². The number of ether oxygens (including phenoxy) is 1. The number of aliphatic hydroxyl groups is 1. The number of hydrogen-bond acceptors (Lipinski definition) is 7. The molecule has 1 aliphatic heterocycles. The van der Waals surface area contributed by atoms with Gasteiger partial charge in [-0.1, -0.05) is 53.7 Å². The van der Waals surface area contributed by atoms with Crippen molar-refractivity contribution in [1.82, 2.24) is 15.4 Å². The van der Waals surface area contributed by atoms with Crippen molar-refractivity contribution in [3.8, 4) is 11.1 Å². The lowest BCUT2D eigenvalue weighted by molar-refractivity contribution is -0.141. The van der Waals surface area contributed by atoms with Gasteiger partial charge >= 0.3 is 12.1 Å². The van der Waals surface area contributed by atoms with E-state index in [1.807, 2.05) is 36.4 Å². The number of aliphatic hydroxyl groups excluding tert-OH is 1. The Hall–Kier alpha value is -4.18. The molecule has 3 N–H and O–H groups in total. The highest BCUT2D eigenvalue weighted by molar-refractivity contribution is 5.95. The molecule has 2 aromatic carbocycles. The summed E-state index contributed by atoms with van der Waals surface area (Å²) >= 11 is 0. The topological polar surface area (TPSA) is 142 Å². The van der Waals surface area contributed by atoms with Crippen molar-refractivity contribution >= 4 is 18.0 Å². The summed E-state index contributed by atoms with van der Waals surface area (Å²) in [6.07, 6.45) is -1.61. The number of carbonyl (C=O) groups is 3. The van der Waals surface area contributed by atoms with Crippen LogP contribution < -0.4 is 5.32 Å². The molecule has 5 rings (SSSR count). The predicted molar refractivity (Wildman–Crippen MR) is 121 cm³/mol. The van der Waals surface area contributed by atoms with Crippen LogP contribution >= 0.6 is 0 Å². The van der Waals surface area contributed by atoms with Crippen molar-refractivity contribution in [2.45, 2.75) is 31.0 Å². The molecule has 2 heterocycles. The van der Waals surface area contributed by atoms with Gasteiger partial charge in [0.2, 0.25) is 0 Å². The van der Waals surface area contributed by atoms with Crippen LogP contribution in [-0.2, 0) is 16.1 Å². The highest BCUT2D eigenvalue weighted by atomic mass is 16.5. The summed E-state index contributed by atoms with van der Waals surface area (Å²) in [4.78, 5) is 37.4.